The van der Waals surface area contributed by atoms with Crippen LogP contribution >= 0.6 is 0 Å². The molecule has 2 aliphatic rings. The number of rotatable bonds is 7. The number of hydrogen-bond donors (Lipinski definition) is 3. The van der Waals surface area contributed by atoms with E-state index >= 15 is 0 Å². The van der Waals surface area contributed by atoms with Crippen molar-refractivity contribution in [1.29, 1.82) is 0 Å². The summed E-state index contributed by atoms with van der Waals surface area (Å²) < 4.78 is 20.1. The number of aromatic nitrogens is 3. The predicted octanol–water partition coefficient (Wildman–Crippen LogP) is 3.77. The van der Waals surface area contributed by atoms with E-state index in [4.69, 9.17) is 4.74 Å². The molecule has 1 saturated carbocycles. The standard InChI is InChI=1S/C25H30FN5O2/c1-14(2)23-16(10-27-17-4-5-17)11-28-20-6-3-15(9-18(20)23)24-19(26)12-29-25(31-24)30-21-7-8-33-13-22(21)32/h3,6,9,11-12,14,17,21-22,27,32H,4-5,7-8,10,13H2,1-2H3,(H,29,30,31)/t21-,22-/m1/s1. The molecule has 2 fully saturated rings. The van der Waals surface area contributed by atoms with Gasteiger partial charge in [0.1, 0.15) is 5.69 Å². The monoisotopic (exact) mass is 451 g/mol. The molecule has 2 aromatic heterocycles. The van der Waals surface area contributed by atoms with Crippen molar-refractivity contribution in [2.45, 2.75) is 63.8 Å². The Morgan fingerprint density at radius 3 is 2.79 bits per heavy atom. The molecule has 5 rings (SSSR count). The third-order valence-electron chi connectivity index (χ3n) is 6.39. The molecule has 3 heterocycles. The van der Waals surface area contributed by atoms with Crippen LogP contribution in [-0.4, -0.2) is 51.5 Å². The zero-order valence-electron chi connectivity index (χ0n) is 19.0. The second kappa shape index (κ2) is 9.29. The Kier molecular flexibility index (Phi) is 6.23. The van der Waals surface area contributed by atoms with Crippen molar-refractivity contribution in [2.75, 3.05) is 18.5 Å². The van der Waals surface area contributed by atoms with Crippen molar-refractivity contribution in [3.63, 3.8) is 0 Å². The van der Waals surface area contributed by atoms with E-state index in [0.29, 0.717) is 36.5 Å². The quantitative estimate of drug-likeness (QED) is 0.504. The number of aliphatic hydroxyl groups is 1. The SMILES string of the molecule is CC(C)c1c(CNC2CC2)cnc2ccc(-c3nc(N[C@@H]4CCOC[C@H]4O)ncc3F)cc12. The molecule has 0 unspecified atom stereocenters. The summed E-state index contributed by atoms with van der Waals surface area (Å²) in [6.45, 7) is 5.95. The lowest BCUT2D eigenvalue weighted by atomic mass is 9.92. The zero-order valence-corrected chi connectivity index (χ0v) is 19.0. The van der Waals surface area contributed by atoms with Crippen molar-refractivity contribution < 1.29 is 14.2 Å². The summed E-state index contributed by atoms with van der Waals surface area (Å²) in [7, 11) is 0. The Morgan fingerprint density at radius 2 is 2.03 bits per heavy atom. The van der Waals surface area contributed by atoms with Gasteiger partial charge in [-0.15, -0.1) is 0 Å². The number of nitrogens with zero attached hydrogens (tertiary/aromatic N) is 3. The van der Waals surface area contributed by atoms with Gasteiger partial charge in [0.05, 0.1) is 30.5 Å². The first-order chi connectivity index (χ1) is 16.0. The number of benzene rings is 1. The van der Waals surface area contributed by atoms with Gasteiger partial charge in [-0.05, 0) is 48.4 Å². The van der Waals surface area contributed by atoms with Gasteiger partial charge in [-0.25, -0.2) is 14.4 Å². The molecule has 1 aliphatic heterocycles. The number of ether oxygens (including phenoxy) is 1. The second-order valence-electron chi connectivity index (χ2n) is 9.31. The molecule has 8 heteroatoms. The first kappa shape index (κ1) is 22.1. The maximum Gasteiger partial charge on any atom is 0.223 e. The molecule has 1 aliphatic carbocycles. The number of hydrogen-bond acceptors (Lipinski definition) is 7. The van der Waals surface area contributed by atoms with Gasteiger partial charge in [-0.1, -0.05) is 19.9 Å². The molecular formula is C25H30FN5O2. The average Bonchev–Trinajstić information content (AvgIpc) is 3.64. The Labute approximate surface area is 192 Å². The molecule has 33 heavy (non-hydrogen) atoms. The van der Waals surface area contributed by atoms with Crippen molar-refractivity contribution >= 4 is 16.9 Å². The minimum atomic E-state index is -0.654. The van der Waals surface area contributed by atoms with Crippen LogP contribution in [0.1, 0.15) is 50.2 Å². The Balaban J connectivity index is 1.50. The molecule has 7 nitrogen and oxygen atoms in total. The fourth-order valence-corrected chi connectivity index (χ4v) is 4.46. The first-order valence-electron chi connectivity index (χ1n) is 11.7. The lowest BCUT2D eigenvalue weighted by Crippen LogP contribution is -2.42. The average molecular weight is 452 g/mol. The maximum absolute atomic E-state index is 14.8. The zero-order chi connectivity index (χ0) is 22.9. The van der Waals surface area contributed by atoms with E-state index in [-0.39, 0.29) is 18.3 Å². The fourth-order valence-electron chi connectivity index (χ4n) is 4.46. The van der Waals surface area contributed by atoms with Gasteiger partial charge in [0.15, 0.2) is 5.82 Å². The molecule has 0 radical (unpaired) electrons. The number of aliphatic hydroxyl groups excluding tert-OH is 1. The van der Waals surface area contributed by atoms with Crippen LogP contribution in [0.4, 0.5) is 10.3 Å². The van der Waals surface area contributed by atoms with E-state index in [1.807, 2.05) is 24.4 Å². The normalized spacial score (nSPS) is 21.0. The van der Waals surface area contributed by atoms with E-state index in [1.54, 1.807) is 0 Å². The highest BCUT2D eigenvalue weighted by Crippen LogP contribution is 2.32. The van der Waals surface area contributed by atoms with Crippen molar-refractivity contribution in [3.8, 4) is 11.3 Å². The third-order valence-corrected chi connectivity index (χ3v) is 6.39. The van der Waals surface area contributed by atoms with E-state index in [1.165, 1.54) is 30.2 Å². The highest BCUT2D eigenvalue weighted by atomic mass is 19.1. The van der Waals surface area contributed by atoms with E-state index in [0.717, 1.165) is 17.4 Å². The molecule has 3 aromatic rings. The summed E-state index contributed by atoms with van der Waals surface area (Å²) >= 11 is 0. The van der Waals surface area contributed by atoms with Crippen LogP contribution in [0, 0.1) is 5.82 Å². The number of anilines is 1. The van der Waals surface area contributed by atoms with Crippen LogP contribution in [-0.2, 0) is 11.3 Å². The topological polar surface area (TPSA) is 92.2 Å². The largest absolute Gasteiger partial charge is 0.389 e. The van der Waals surface area contributed by atoms with Crippen LogP contribution in [0.2, 0.25) is 0 Å². The lowest BCUT2D eigenvalue weighted by Gasteiger charge is -2.28. The Bertz CT molecular complexity index is 1150. The molecule has 0 spiro atoms. The minimum Gasteiger partial charge on any atom is -0.389 e. The highest BCUT2D eigenvalue weighted by molar-refractivity contribution is 5.88. The van der Waals surface area contributed by atoms with Gasteiger partial charge < -0.3 is 20.5 Å². The van der Waals surface area contributed by atoms with Crippen LogP contribution < -0.4 is 10.6 Å². The fraction of sp³-hybridized carbons (Fsp3) is 0.480. The van der Waals surface area contributed by atoms with Gasteiger partial charge in [0.25, 0.3) is 0 Å². The molecule has 2 atom stereocenters. The predicted molar refractivity (Wildman–Crippen MR) is 126 cm³/mol. The lowest BCUT2D eigenvalue weighted by molar-refractivity contribution is -0.0136. The molecule has 0 bridgehead atoms. The molecule has 3 N–H and O–H groups in total. The van der Waals surface area contributed by atoms with Crippen LogP contribution in [0.25, 0.3) is 22.2 Å². The number of fused-ring (bicyclic) bond motifs is 1. The Hall–Kier alpha value is -2.68. The van der Waals surface area contributed by atoms with E-state index < -0.39 is 11.9 Å². The molecule has 174 valence electrons. The second-order valence-corrected chi connectivity index (χ2v) is 9.31. The smallest absolute Gasteiger partial charge is 0.223 e. The Morgan fingerprint density at radius 1 is 1.18 bits per heavy atom. The van der Waals surface area contributed by atoms with Gasteiger partial charge in [0, 0.05) is 36.3 Å². The van der Waals surface area contributed by atoms with Gasteiger partial charge in [-0.2, -0.15) is 0 Å². The maximum atomic E-state index is 14.8. The van der Waals surface area contributed by atoms with E-state index in [9.17, 15) is 9.50 Å². The number of nitrogens with one attached hydrogen (secondary N) is 2. The minimum absolute atomic E-state index is 0.229. The van der Waals surface area contributed by atoms with Gasteiger partial charge >= 0.3 is 0 Å². The summed E-state index contributed by atoms with van der Waals surface area (Å²) in [4.78, 5) is 13.2. The van der Waals surface area contributed by atoms with E-state index in [2.05, 4.69) is 39.4 Å². The first-order valence-corrected chi connectivity index (χ1v) is 11.7. The summed E-state index contributed by atoms with van der Waals surface area (Å²) in [5.41, 5.74) is 4.20. The summed E-state index contributed by atoms with van der Waals surface area (Å²) in [6.07, 6.45) is 5.58. The van der Waals surface area contributed by atoms with Crippen molar-refractivity contribution in [3.05, 3.63) is 47.5 Å². The number of pyridine rings is 1. The molecular weight excluding hydrogens is 421 g/mol. The van der Waals surface area contributed by atoms with Crippen molar-refractivity contribution in [1.82, 2.24) is 20.3 Å². The van der Waals surface area contributed by atoms with Crippen molar-refractivity contribution in [2.24, 2.45) is 0 Å². The van der Waals surface area contributed by atoms with Gasteiger partial charge in [0.2, 0.25) is 5.95 Å². The summed E-state index contributed by atoms with van der Waals surface area (Å²) in [5, 5.41) is 17.9. The van der Waals surface area contributed by atoms with Crippen LogP contribution in [0.3, 0.4) is 0 Å². The highest BCUT2D eigenvalue weighted by Gasteiger charge is 2.25. The molecule has 1 saturated heterocycles. The third kappa shape index (κ3) is 4.83. The molecule has 0 amide bonds. The summed E-state index contributed by atoms with van der Waals surface area (Å²) in [6, 6.07) is 6.14. The van der Waals surface area contributed by atoms with Crippen LogP contribution in [0.15, 0.2) is 30.6 Å². The van der Waals surface area contributed by atoms with Gasteiger partial charge in [-0.3, -0.25) is 4.98 Å². The van der Waals surface area contributed by atoms with Crippen LogP contribution in [0.5, 0.6) is 0 Å². The number of halogens is 1. The molecule has 1 aromatic carbocycles. The summed E-state index contributed by atoms with van der Waals surface area (Å²) in [5.74, 6) is 0.101.